The highest BCUT2D eigenvalue weighted by Crippen LogP contribution is 2.25. The van der Waals surface area contributed by atoms with Gasteiger partial charge in [0, 0.05) is 6.54 Å². The molecule has 2 aromatic rings. The fourth-order valence-corrected chi connectivity index (χ4v) is 2.19. The highest BCUT2D eigenvalue weighted by molar-refractivity contribution is 6.42. The molecule has 4 heteroatoms. The van der Waals surface area contributed by atoms with Crippen LogP contribution in [0.25, 0.3) is 0 Å². The van der Waals surface area contributed by atoms with Crippen molar-refractivity contribution < 1.29 is 5.11 Å². The van der Waals surface area contributed by atoms with Crippen LogP contribution in [0.4, 0.5) is 0 Å². The number of hydrogen-bond donors (Lipinski definition) is 2. The first kappa shape index (κ1) is 14.2. The molecule has 0 amide bonds. The molecule has 0 aliphatic heterocycles. The minimum atomic E-state index is 0.294. The van der Waals surface area contributed by atoms with Crippen LogP contribution in [0.2, 0.25) is 10.0 Å². The summed E-state index contributed by atoms with van der Waals surface area (Å²) in [5.74, 6) is 0.294. The molecule has 2 aromatic carbocycles. The van der Waals surface area contributed by atoms with E-state index in [1.54, 1.807) is 18.2 Å². The van der Waals surface area contributed by atoms with Crippen molar-refractivity contribution in [3.8, 4) is 5.75 Å². The lowest BCUT2D eigenvalue weighted by molar-refractivity contribution is 0.475. The zero-order valence-electron chi connectivity index (χ0n) is 10.4. The Bertz CT molecular complexity index is 540. The first-order chi connectivity index (χ1) is 9.16. The molecule has 0 radical (unpaired) electrons. The normalized spacial score (nSPS) is 10.6. The first-order valence-corrected chi connectivity index (χ1v) is 6.84. The molecule has 0 unspecified atom stereocenters. The summed E-state index contributed by atoms with van der Waals surface area (Å²) < 4.78 is 0. The van der Waals surface area contributed by atoms with Crippen molar-refractivity contribution in [1.29, 1.82) is 0 Å². The summed E-state index contributed by atoms with van der Waals surface area (Å²) in [6.07, 6.45) is 0.901. The molecule has 0 atom stereocenters. The van der Waals surface area contributed by atoms with Crippen molar-refractivity contribution in [2.24, 2.45) is 0 Å². The third kappa shape index (κ3) is 4.13. The summed E-state index contributed by atoms with van der Waals surface area (Å²) in [4.78, 5) is 0. The van der Waals surface area contributed by atoms with E-state index in [2.05, 4.69) is 5.32 Å². The Balaban J connectivity index is 1.81. The van der Waals surface area contributed by atoms with Crippen LogP contribution in [0.5, 0.6) is 5.75 Å². The molecule has 19 heavy (non-hydrogen) atoms. The van der Waals surface area contributed by atoms with E-state index in [-0.39, 0.29) is 0 Å². The van der Waals surface area contributed by atoms with Gasteiger partial charge in [0.1, 0.15) is 5.75 Å². The third-order valence-electron chi connectivity index (χ3n) is 2.87. The van der Waals surface area contributed by atoms with Crippen LogP contribution >= 0.6 is 23.2 Å². The average molecular weight is 296 g/mol. The maximum Gasteiger partial charge on any atom is 0.115 e. The quantitative estimate of drug-likeness (QED) is 0.816. The Morgan fingerprint density at radius 2 is 1.74 bits per heavy atom. The van der Waals surface area contributed by atoms with E-state index in [1.165, 1.54) is 5.56 Å². The second-order valence-electron chi connectivity index (χ2n) is 4.31. The standard InChI is InChI=1S/C15H15Cl2NO/c16-14-3-1-2-12(15(14)17)10-18-9-8-11-4-6-13(19)7-5-11/h1-7,18-19H,8-10H2. The maximum atomic E-state index is 9.19. The van der Waals surface area contributed by atoms with E-state index < -0.39 is 0 Å². The van der Waals surface area contributed by atoms with Gasteiger partial charge in [-0.25, -0.2) is 0 Å². The van der Waals surface area contributed by atoms with Crippen LogP contribution < -0.4 is 5.32 Å². The second kappa shape index (κ2) is 6.80. The van der Waals surface area contributed by atoms with Crippen LogP contribution in [0.15, 0.2) is 42.5 Å². The van der Waals surface area contributed by atoms with E-state index in [4.69, 9.17) is 23.2 Å². The van der Waals surface area contributed by atoms with Crippen molar-refractivity contribution in [2.45, 2.75) is 13.0 Å². The largest absolute Gasteiger partial charge is 0.508 e. The van der Waals surface area contributed by atoms with Crippen LogP contribution in [-0.2, 0) is 13.0 Å². The van der Waals surface area contributed by atoms with Gasteiger partial charge in [-0.3, -0.25) is 0 Å². The average Bonchev–Trinajstić information content (AvgIpc) is 2.41. The van der Waals surface area contributed by atoms with Crippen molar-refractivity contribution >= 4 is 23.2 Å². The molecule has 100 valence electrons. The van der Waals surface area contributed by atoms with Crippen LogP contribution in [0.1, 0.15) is 11.1 Å². The number of hydrogen-bond acceptors (Lipinski definition) is 2. The first-order valence-electron chi connectivity index (χ1n) is 6.08. The van der Waals surface area contributed by atoms with Crippen molar-refractivity contribution in [3.63, 3.8) is 0 Å². The van der Waals surface area contributed by atoms with Gasteiger partial charge < -0.3 is 10.4 Å². The predicted octanol–water partition coefficient (Wildman–Crippen LogP) is 4.03. The van der Waals surface area contributed by atoms with Gasteiger partial charge in [0.05, 0.1) is 10.0 Å². The molecule has 0 heterocycles. The zero-order chi connectivity index (χ0) is 13.7. The minimum absolute atomic E-state index is 0.294. The number of phenols is 1. The van der Waals surface area contributed by atoms with Crippen molar-refractivity contribution in [2.75, 3.05) is 6.54 Å². The Morgan fingerprint density at radius 3 is 2.47 bits per heavy atom. The second-order valence-corrected chi connectivity index (χ2v) is 5.09. The summed E-state index contributed by atoms with van der Waals surface area (Å²) in [5, 5.41) is 13.7. The number of aromatic hydroxyl groups is 1. The van der Waals surface area contributed by atoms with Crippen LogP contribution in [0, 0.1) is 0 Å². The Kier molecular flexibility index (Phi) is 5.08. The van der Waals surface area contributed by atoms with Crippen molar-refractivity contribution in [3.05, 3.63) is 63.6 Å². The van der Waals surface area contributed by atoms with Crippen molar-refractivity contribution in [1.82, 2.24) is 5.32 Å². The minimum Gasteiger partial charge on any atom is -0.508 e. The lowest BCUT2D eigenvalue weighted by Crippen LogP contribution is -2.16. The SMILES string of the molecule is Oc1ccc(CCNCc2cccc(Cl)c2Cl)cc1. The molecular weight excluding hydrogens is 281 g/mol. The van der Waals surface area contributed by atoms with E-state index in [9.17, 15) is 5.11 Å². The molecular formula is C15H15Cl2NO. The summed E-state index contributed by atoms with van der Waals surface area (Å²) >= 11 is 12.1. The summed E-state index contributed by atoms with van der Waals surface area (Å²) in [6, 6.07) is 12.9. The van der Waals surface area contributed by atoms with Gasteiger partial charge in [-0.2, -0.15) is 0 Å². The molecule has 0 saturated heterocycles. The lowest BCUT2D eigenvalue weighted by Gasteiger charge is -2.08. The summed E-state index contributed by atoms with van der Waals surface area (Å²) in [7, 11) is 0. The zero-order valence-corrected chi connectivity index (χ0v) is 11.9. The maximum absolute atomic E-state index is 9.19. The number of nitrogens with one attached hydrogen (secondary N) is 1. The molecule has 0 aromatic heterocycles. The van der Waals surface area contributed by atoms with Gasteiger partial charge in [-0.05, 0) is 42.3 Å². The monoisotopic (exact) mass is 295 g/mol. The van der Waals surface area contributed by atoms with Gasteiger partial charge in [0.15, 0.2) is 0 Å². The van der Waals surface area contributed by atoms with Crippen LogP contribution in [-0.4, -0.2) is 11.7 Å². The highest BCUT2D eigenvalue weighted by atomic mass is 35.5. The number of benzene rings is 2. The van der Waals surface area contributed by atoms with E-state index in [1.807, 2.05) is 24.3 Å². The van der Waals surface area contributed by atoms with E-state index in [0.717, 1.165) is 18.5 Å². The number of phenolic OH excluding ortho intramolecular Hbond substituents is 1. The van der Waals surface area contributed by atoms with E-state index >= 15 is 0 Å². The molecule has 0 saturated carbocycles. The number of rotatable bonds is 5. The molecule has 0 fully saturated rings. The predicted molar refractivity (Wildman–Crippen MR) is 80.0 cm³/mol. The van der Waals surface area contributed by atoms with Gasteiger partial charge in [0.25, 0.3) is 0 Å². The van der Waals surface area contributed by atoms with Gasteiger partial charge in [-0.15, -0.1) is 0 Å². The van der Waals surface area contributed by atoms with Crippen LogP contribution in [0.3, 0.4) is 0 Å². The molecule has 0 bridgehead atoms. The molecule has 2 nitrogen and oxygen atoms in total. The fraction of sp³-hybridized carbons (Fsp3) is 0.200. The Hall–Kier alpha value is -1.22. The molecule has 2 rings (SSSR count). The third-order valence-corrected chi connectivity index (χ3v) is 3.73. The number of halogens is 2. The Morgan fingerprint density at radius 1 is 1.00 bits per heavy atom. The molecule has 0 spiro atoms. The topological polar surface area (TPSA) is 32.3 Å². The van der Waals surface area contributed by atoms with Gasteiger partial charge in [0.2, 0.25) is 0 Å². The van der Waals surface area contributed by atoms with E-state index in [0.29, 0.717) is 22.3 Å². The smallest absolute Gasteiger partial charge is 0.115 e. The summed E-state index contributed by atoms with van der Waals surface area (Å²) in [5.41, 5.74) is 2.18. The van der Waals surface area contributed by atoms with Gasteiger partial charge in [-0.1, -0.05) is 47.5 Å². The van der Waals surface area contributed by atoms with Gasteiger partial charge >= 0.3 is 0 Å². The highest BCUT2D eigenvalue weighted by Gasteiger charge is 2.03. The Labute approximate surface area is 123 Å². The lowest BCUT2D eigenvalue weighted by atomic mass is 10.1. The summed E-state index contributed by atoms with van der Waals surface area (Å²) in [6.45, 7) is 1.53. The fourth-order valence-electron chi connectivity index (χ4n) is 1.80. The molecule has 2 N–H and O–H groups in total. The molecule has 0 aliphatic carbocycles. The molecule has 0 aliphatic rings.